The number of aromatic amines is 1. The third kappa shape index (κ3) is 3.70. The topological polar surface area (TPSA) is 138 Å². The van der Waals surface area contributed by atoms with E-state index in [4.69, 9.17) is 9.26 Å². The van der Waals surface area contributed by atoms with Crippen molar-refractivity contribution in [3.05, 3.63) is 24.3 Å². The van der Waals surface area contributed by atoms with E-state index in [1.807, 2.05) is 12.3 Å². The molecule has 0 radical (unpaired) electrons. The van der Waals surface area contributed by atoms with Crippen LogP contribution in [0.25, 0.3) is 22.5 Å². The van der Waals surface area contributed by atoms with Gasteiger partial charge in [0.05, 0.1) is 16.9 Å². The molecular formula is C25H30N6O4. The van der Waals surface area contributed by atoms with Gasteiger partial charge in [0.1, 0.15) is 5.65 Å². The molecule has 1 amide bonds. The number of pyridine rings is 1. The van der Waals surface area contributed by atoms with Gasteiger partial charge in [-0.1, -0.05) is 5.16 Å². The van der Waals surface area contributed by atoms with Crippen molar-refractivity contribution in [2.45, 2.75) is 62.6 Å². The molecule has 4 N–H and O–H groups in total. The molecule has 0 spiro atoms. The highest BCUT2D eigenvalue weighted by atomic mass is 16.5. The first kappa shape index (κ1) is 21.3. The van der Waals surface area contributed by atoms with Gasteiger partial charge in [-0.05, 0) is 68.8 Å². The van der Waals surface area contributed by atoms with Gasteiger partial charge in [0.25, 0.3) is 17.6 Å². The van der Waals surface area contributed by atoms with Gasteiger partial charge in [-0.25, -0.2) is 4.98 Å². The summed E-state index contributed by atoms with van der Waals surface area (Å²) in [6.07, 6.45) is 10.1. The lowest BCUT2D eigenvalue weighted by molar-refractivity contribution is -0.129. The molecule has 184 valence electrons. The largest absolute Gasteiger partial charge is 0.390 e. The SMILES string of the molecule is O=C(NC1CCOCC1)c1noc(-c2cnc3[nH]ccc3c2N[C@H]2C3CC4CC2C[C@@](O)(C4)C3)n1. The fourth-order valence-corrected chi connectivity index (χ4v) is 7.23. The van der Waals surface area contributed by atoms with Crippen LogP contribution >= 0.6 is 0 Å². The monoisotopic (exact) mass is 478 g/mol. The molecule has 2 unspecified atom stereocenters. The smallest absolute Gasteiger partial charge is 0.292 e. The third-order valence-corrected chi connectivity index (χ3v) is 8.55. The van der Waals surface area contributed by atoms with Crippen molar-refractivity contribution in [1.29, 1.82) is 0 Å². The van der Waals surface area contributed by atoms with Crippen molar-refractivity contribution in [2.75, 3.05) is 18.5 Å². The molecule has 10 heteroatoms. The van der Waals surface area contributed by atoms with E-state index in [1.54, 1.807) is 6.20 Å². The Morgan fingerprint density at radius 1 is 1.17 bits per heavy atom. The van der Waals surface area contributed by atoms with E-state index in [1.165, 1.54) is 0 Å². The standard InChI is InChI=1S/C25H30N6O4/c32-23(28-16-2-5-34-6-3-16)22-30-24(35-31-22)18-12-27-21-17(1-4-26-21)20(18)29-19-14-7-13-8-15(19)11-25(33,9-13)10-14/h1,4,12-16,19,33H,2-3,5-11H2,(H,28,32)(H2,26,27,29)/t13?,14?,15?,19-,25+. The minimum Gasteiger partial charge on any atom is -0.390 e. The lowest BCUT2D eigenvalue weighted by Gasteiger charge is -2.58. The second-order valence-corrected chi connectivity index (χ2v) is 10.9. The quantitative estimate of drug-likeness (QED) is 0.439. The molecule has 5 aliphatic rings. The van der Waals surface area contributed by atoms with Gasteiger partial charge in [0.15, 0.2) is 0 Å². The summed E-state index contributed by atoms with van der Waals surface area (Å²) in [5, 5.41) is 22.7. The zero-order valence-electron chi connectivity index (χ0n) is 19.5. The molecule has 1 aliphatic heterocycles. The first-order valence-electron chi connectivity index (χ1n) is 12.7. The number of H-pyrrole nitrogens is 1. The van der Waals surface area contributed by atoms with Crippen molar-refractivity contribution < 1.29 is 19.2 Å². The Morgan fingerprint density at radius 2 is 1.97 bits per heavy atom. The van der Waals surface area contributed by atoms with Gasteiger partial charge >= 0.3 is 0 Å². The lowest BCUT2D eigenvalue weighted by atomic mass is 9.52. The molecule has 4 heterocycles. The van der Waals surface area contributed by atoms with Gasteiger partial charge in [0.2, 0.25) is 0 Å². The number of carbonyl (C=O) groups excluding carboxylic acids is 1. The van der Waals surface area contributed by atoms with E-state index in [0.717, 1.165) is 61.7 Å². The molecule has 2 atom stereocenters. The van der Waals surface area contributed by atoms with Crippen LogP contribution in [0.2, 0.25) is 0 Å². The number of carbonyl (C=O) groups is 1. The molecule has 8 rings (SSSR count). The normalized spacial score (nSPS) is 32.3. The van der Waals surface area contributed by atoms with Crippen LogP contribution < -0.4 is 10.6 Å². The number of aliphatic hydroxyl groups is 1. The van der Waals surface area contributed by atoms with E-state index in [9.17, 15) is 9.90 Å². The van der Waals surface area contributed by atoms with Crippen LogP contribution in [-0.4, -0.2) is 62.0 Å². The predicted octanol–water partition coefficient (Wildman–Crippen LogP) is 2.87. The molecule has 4 aliphatic carbocycles. The molecule has 5 fully saturated rings. The molecule has 1 saturated heterocycles. The van der Waals surface area contributed by atoms with Crippen molar-refractivity contribution in [1.82, 2.24) is 25.4 Å². The second kappa shape index (κ2) is 8.03. The maximum absolute atomic E-state index is 12.7. The number of rotatable bonds is 5. The fraction of sp³-hybridized carbons (Fsp3) is 0.600. The van der Waals surface area contributed by atoms with E-state index < -0.39 is 5.60 Å². The number of amides is 1. The second-order valence-electron chi connectivity index (χ2n) is 10.9. The molecule has 35 heavy (non-hydrogen) atoms. The molecule has 0 aromatic carbocycles. The number of hydrogen-bond acceptors (Lipinski definition) is 8. The Bertz CT molecular complexity index is 1250. The Hall–Kier alpha value is -2.98. The Morgan fingerprint density at radius 3 is 2.74 bits per heavy atom. The van der Waals surface area contributed by atoms with Crippen LogP contribution in [0.1, 0.15) is 55.6 Å². The summed E-state index contributed by atoms with van der Waals surface area (Å²) in [7, 11) is 0. The van der Waals surface area contributed by atoms with E-state index in [0.29, 0.717) is 36.5 Å². The highest BCUT2D eigenvalue weighted by Gasteiger charge is 2.54. The summed E-state index contributed by atoms with van der Waals surface area (Å²) in [5.74, 6) is 1.44. The number of anilines is 1. The van der Waals surface area contributed by atoms with Crippen molar-refractivity contribution in [3.8, 4) is 11.5 Å². The number of hydrogen-bond donors (Lipinski definition) is 4. The predicted molar refractivity (Wildman–Crippen MR) is 127 cm³/mol. The highest BCUT2D eigenvalue weighted by molar-refractivity contribution is 5.97. The molecule has 10 nitrogen and oxygen atoms in total. The number of fused-ring (bicyclic) bond motifs is 1. The zero-order chi connectivity index (χ0) is 23.6. The number of nitrogens with one attached hydrogen (secondary N) is 3. The Balaban J connectivity index is 1.19. The van der Waals surface area contributed by atoms with E-state index in [2.05, 4.69) is 30.7 Å². The van der Waals surface area contributed by atoms with Crippen LogP contribution in [0.5, 0.6) is 0 Å². The van der Waals surface area contributed by atoms with Gasteiger partial charge in [-0.15, -0.1) is 0 Å². The van der Waals surface area contributed by atoms with Crippen LogP contribution in [0.15, 0.2) is 23.0 Å². The van der Waals surface area contributed by atoms with Crippen LogP contribution in [-0.2, 0) is 4.74 Å². The third-order valence-electron chi connectivity index (χ3n) is 8.55. The molecule has 4 saturated carbocycles. The first-order valence-corrected chi connectivity index (χ1v) is 12.7. The minimum atomic E-state index is -0.488. The van der Waals surface area contributed by atoms with Gasteiger partial charge in [-0.2, -0.15) is 4.98 Å². The fourth-order valence-electron chi connectivity index (χ4n) is 7.23. The minimum absolute atomic E-state index is 0.0171. The van der Waals surface area contributed by atoms with Crippen LogP contribution in [0, 0.1) is 17.8 Å². The van der Waals surface area contributed by atoms with Crippen LogP contribution in [0.4, 0.5) is 5.69 Å². The average Bonchev–Trinajstić information content (AvgIpc) is 3.51. The Kier molecular flexibility index (Phi) is 4.89. The molecule has 3 aromatic heterocycles. The Labute approximate surface area is 202 Å². The summed E-state index contributed by atoms with van der Waals surface area (Å²) in [6, 6.07) is 2.32. The molecule has 3 aromatic rings. The number of aromatic nitrogens is 4. The van der Waals surface area contributed by atoms with Gasteiger partial charge in [-0.3, -0.25) is 4.79 Å². The summed E-state index contributed by atoms with van der Waals surface area (Å²) in [4.78, 5) is 24.9. The summed E-state index contributed by atoms with van der Waals surface area (Å²) < 4.78 is 10.9. The maximum Gasteiger partial charge on any atom is 0.292 e. The van der Waals surface area contributed by atoms with Crippen LogP contribution in [0.3, 0.4) is 0 Å². The van der Waals surface area contributed by atoms with Gasteiger partial charge in [0, 0.05) is 43.1 Å². The average molecular weight is 479 g/mol. The maximum atomic E-state index is 12.7. The number of ether oxygens (including phenoxy) is 1. The van der Waals surface area contributed by atoms with Crippen molar-refractivity contribution >= 4 is 22.6 Å². The molecule has 4 bridgehead atoms. The summed E-state index contributed by atoms with van der Waals surface area (Å²) in [5.41, 5.74) is 1.86. The number of nitrogens with zero attached hydrogens (tertiary/aromatic N) is 3. The van der Waals surface area contributed by atoms with E-state index in [-0.39, 0.29) is 29.7 Å². The lowest BCUT2D eigenvalue weighted by Crippen LogP contribution is -2.59. The summed E-state index contributed by atoms with van der Waals surface area (Å²) in [6.45, 7) is 1.28. The van der Waals surface area contributed by atoms with Gasteiger partial charge < -0.3 is 30.0 Å². The first-order chi connectivity index (χ1) is 17.0. The van der Waals surface area contributed by atoms with Crippen molar-refractivity contribution in [2.24, 2.45) is 17.8 Å². The van der Waals surface area contributed by atoms with Crippen molar-refractivity contribution in [3.63, 3.8) is 0 Å². The highest BCUT2D eigenvalue weighted by Crippen LogP contribution is 2.56. The zero-order valence-corrected chi connectivity index (χ0v) is 19.5. The molecular weight excluding hydrogens is 448 g/mol. The van der Waals surface area contributed by atoms with E-state index >= 15 is 0 Å². The summed E-state index contributed by atoms with van der Waals surface area (Å²) >= 11 is 0.